The summed E-state index contributed by atoms with van der Waals surface area (Å²) in [6, 6.07) is 14.6. The molecular formula is C19H16ClNO2S. The lowest BCUT2D eigenvalue weighted by atomic mass is 10.1. The highest BCUT2D eigenvalue weighted by Crippen LogP contribution is 2.40. The number of halogens is 1. The number of benzene rings is 2. The first kappa shape index (κ1) is 16.8. The maximum Gasteiger partial charge on any atom is 0.272 e. The standard InChI is InChI=1S/C19H16ClNO2S/c1-3-24-17-16(13-8-5-4-6-9-13)18(22)21(19(17)23)15-11-7-10-14(20)12(15)2/h4-11H,3H2,1-2H3. The molecule has 0 fully saturated rings. The third kappa shape index (κ3) is 2.76. The zero-order valence-electron chi connectivity index (χ0n) is 13.4. The molecule has 0 saturated carbocycles. The number of imide groups is 1. The monoisotopic (exact) mass is 357 g/mol. The van der Waals surface area contributed by atoms with Crippen molar-refractivity contribution in [1.29, 1.82) is 0 Å². The summed E-state index contributed by atoms with van der Waals surface area (Å²) in [6.45, 7) is 3.77. The van der Waals surface area contributed by atoms with E-state index in [2.05, 4.69) is 0 Å². The molecule has 0 spiro atoms. The number of nitrogens with zero attached hydrogens (tertiary/aromatic N) is 1. The number of amides is 2. The van der Waals surface area contributed by atoms with Crippen LogP contribution < -0.4 is 4.90 Å². The Morgan fingerprint density at radius 1 is 1.00 bits per heavy atom. The molecule has 122 valence electrons. The van der Waals surface area contributed by atoms with Gasteiger partial charge in [-0.25, -0.2) is 4.90 Å². The van der Waals surface area contributed by atoms with Crippen LogP contribution >= 0.6 is 23.4 Å². The van der Waals surface area contributed by atoms with Crippen LogP contribution in [0.5, 0.6) is 0 Å². The fraction of sp³-hybridized carbons (Fsp3) is 0.158. The molecule has 0 aromatic heterocycles. The number of rotatable bonds is 4. The van der Waals surface area contributed by atoms with E-state index in [0.29, 0.717) is 26.9 Å². The van der Waals surface area contributed by atoms with Crippen molar-refractivity contribution in [3.63, 3.8) is 0 Å². The fourth-order valence-corrected chi connectivity index (χ4v) is 3.73. The first-order valence-electron chi connectivity index (χ1n) is 7.62. The second kappa shape index (κ2) is 6.83. The number of carbonyl (C=O) groups is 2. The minimum Gasteiger partial charge on any atom is -0.268 e. The van der Waals surface area contributed by atoms with Crippen molar-refractivity contribution in [2.45, 2.75) is 13.8 Å². The zero-order valence-corrected chi connectivity index (χ0v) is 14.9. The van der Waals surface area contributed by atoms with Gasteiger partial charge in [-0.05, 0) is 35.9 Å². The van der Waals surface area contributed by atoms with E-state index in [1.165, 1.54) is 16.7 Å². The Morgan fingerprint density at radius 3 is 2.38 bits per heavy atom. The Morgan fingerprint density at radius 2 is 1.71 bits per heavy atom. The Bertz CT molecular complexity index is 846. The Balaban J connectivity index is 2.14. The summed E-state index contributed by atoms with van der Waals surface area (Å²) < 4.78 is 0. The molecule has 3 nitrogen and oxygen atoms in total. The van der Waals surface area contributed by atoms with Crippen LogP contribution in [-0.4, -0.2) is 17.6 Å². The number of carbonyl (C=O) groups excluding carboxylic acids is 2. The zero-order chi connectivity index (χ0) is 17.3. The van der Waals surface area contributed by atoms with Crippen molar-refractivity contribution < 1.29 is 9.59 Å². The highest BCUT2D eigenvalue weighted by atomic mass is 35.5. The summed E-state index contributed by atoms with van der Waals surface area (Å²) in [7, 11) is 0. The minimum absolute atomic E-state index is 0.281. The van der Waals surface area contributed by atoms with Gasteiger partial charge in [-0.15, -0.1) is 11.8 Å². The summed E-state index contributed by atoms with van der Waals surface area (Å²) in [5, 5.41) is 0.533. The van der Waals surface area contributed by atoms with Crippen molar-refractivity contribution >= 4 is 46.4 Å². The van der Waals surface area contributed by atoms with Gasteiger partial charge in [0.25, 0.3) is 11.8 Å². The molecule has 0 aliphatic carbocycles. The molecule has 2 aromatic carbocycles. The molecule has 0 unspecified atom stereocenters. The van der Waals surface area contributed by atoms with Crippen LogP contribution in [0.2, 0.25) is 5.02 Å². The lowest BCUT2D eigenvalue weighted by Gasteiger charge is -2.18. The van der Waals surface area contributed by atoms with Crippen molar-refractivity contribution in [3.8, 4) is 0 Å². The van der Waals surface area contributed by atoms with E-state index in [-0.39, 0.29) is 11.8 Å². The maximum absolute atomic E-state index is 13.1. The van der Waals surface area contributed by atoms with E-state index < -0.39 is 0 Å². The van der Waals surface area contributed by atoms with Gasteiger partial charge >= 0.3 is 0 Å². The van der Waals surface area contributed by atoms with E-state index in [1.54, 1.807) is 18.2 Å². The molecule has 2 aromatic rings. The summed E-state index contributed by atoms with van der Waals surface area (Å²) in [4.78, 5) is 27.7. The Labute approximate surface area is 150 Å². The van der Waals surface area contributed by atoms with E-state index in [4.69, 9.17) is 11.6 Å². The van der Waals surface area contributed by atoms with Gasteiger partial charge in [0, 0.05) is 5.02 Å². The fourth-order valence-electron chi connectivity index (χ4n) is 2.70. The summed E-state index contributed by atoms with van der Waals surface area (Å²) in [5.74, 6) is 0.135. The van der Waals surface area contributed by atoms with Crippen LogP contribution in [0.15, 0.2) is 53.4 Å². The lowest BCUT2D eigenvalue weighted by molar-refractivity contribution is -0.119. The second-order valence-electron chi connectivity index (χ2n) is 5.33. The molecule has 0 bridgehead atoms. The van der Waals surface area contributed by atoms with Crippen LogP contribution in [0.1, 0.15) is 18.1 Å². The lowest BCUT2D eigenvalue weighted by Crippen LogP contribution is -2.32. The predicted molar refractivity (Wildman–Crippen MR) is 100 cm³/mol. The largest absolute Gasteiger partial charge is 0.272 e. The van der Waals surface area contributed by atoms with Crippen molar-refractivity contribution in [3.05, 3.63) is 69.6 Å². The second-order valence-corrected chi connectivity index (χ2v) is 7.01. The topological polar surface area (TPSA) is 37.4 Å². The average molecular weight is 358 g/mol. The highest BCUT2D eigenvalue weighted by Gasteiger charge is 2.40. The van der Waals surface area contributed by atoms with E-state index in [0.717, 1.165) is 11.1 Å². The molecule has 1 heterocycles. The van der Waals surface area contributed by atoms with Crippen LogP contribution in [0.25, 0.3) is 5.57 Å². The summed E-state index contributed by atoms with van der Waals surface area (Å²) in [6.07, 6.45) is 0. The smallest absolute Gasteiger partial charge is 0.268 e. The average Bonchev–Trinajstić information content (AvgIpc) is 2.82. The van der Waals surface area contributed by atoms with E-state index in [1.807, 2.05) is 44.2 Å². The van der Waals surface area contributed by atoms with Crippen molar-refractivity contribution in [2.24, 2.45) is 0 Å². The molecule has 0 saturated heterocycles. The SMILES string of the molecule is CCSC1=C(c2ccccc2)C(=O)N(c2cccc(Cl)c2C)C1=O. The van der Waals surface area contributed by atoms with Crippen LogP contribution in [0, 0.1) is 6.92 Å². The minimum atomic E-state index is -0.299. The molecule has 0 radical (unpaired) electrons. The van der Waals surface area contributed by atoms with Gasteiger partial charge < -0.3 is 0 Å². The molecule has 3 rings (SSSR count). The number of hydrogen-bond donors (Lipinski definition) is 0. The molecule has 24 heavy (non-hydrogen) atoms. The molecule has 2 amide bonds. The Hall–Kier alpha value is -2.04. The molecule has 0 atom stereocenters. The van der Waals surface area contributed by atoms with Gasteiger partial charge in [-0.3, -0.25) is 9.59 Å². The van der Waals surface area contributed by atoms with Gasteiger partial charge in [0.1, 0.15) is 0 Å². The molecule has 1 aliphatic heterocycles. The van der Waals surface area contributed by atoms with Crippen LogP contribution in [0.4, 0.5) is 5.69 Å². The molecule has 0 N–H and O–H groups in total. The van der Waals surface area contributed by atoms with Crippen LogP contribution in [-0.2, 0) is 9.59 Å². The number of thioether (sulfide) groups is 1. The van der Waals surface area contributed by atoms with Gasteiger partial charge in [0.05, 0.1) is 16.2 Å². The first-order chi connectivity index (χ1) is 11.6. The maximum atomic E-state index is 13.1. The highest BCUT2D eigenvalue weighted by molar-refractivity contribution is 8.04. The molecule has 1 aliphatic rings. The van der Waals surface area contributed by atoms with Crippen LogP contribution in [0.3, 0.4) is 0 Å². The van der Waals surface area contributed by atoms with E-state index in [9.17, 15) is 9.59 Å². The van der Waals surface area contributed by atoms with Gasteiger partial charge in [0.2, 0.25) is 0 Å². The van der Waals surface area contributed by atoms with E-state index >= 15 is 0 Å². The van der Waals surface area contributed by atoms with Crippen molar-refractivity contribution in [2.75, 3.05) is 10.7 Å². The third-order valence-corrected chi connectivity index (χ3v) is 5.24. The van der Waals surface area contributed by atoms with Crippen molar-refractivity contribution in [1.82, 2.24) is 0 Å². The predicted octanol–water partition coefficient (Wildman–Crippen LogP) is 4.69. The number of anilines is 1. The van der Waals surface area contributed by atoms with Gasteiger partial charge in [-0.1, -0.05) is 54.9 Å². The molecule has 5 heteroatoms. The quantitative estimate of drug-likeness (QED) is 0.745. The van der Waals surface area contributed by atoms with Gasteiger partial charge in [-0.2, -0.15) is 0 Å². The summed E-state index contributed by atoms with van der Waals surface area (Å²) >= 11 is 7.57. The number of hydrogen-bond acceptors (Lipinski definition) is 3. The molecular weight excluding hydrogens is 342 g/mol. The normalized spacial score (nSPS) is 14.7. The first-order valence-corrected chi connectivity index (χ1v) is 8.99. The Kier molecular flexibility index (Phi) is 4.78. The summed E-state index contributed by atoms with van der Waals surface area (Å²) in [5.41, 5.74) is 2.48. The third-order valence-electron chi connectivity index (χ3n) is 3.87. The van der Waals surface area contributed by atoms with Gasteiger partial charge in [0.15, 0.2) is 0 Å².